The topological polar surface area (TPSA) is 65.8 Å². The summed E-state index contributed by atoms with van der Waals surface area (Å²) in [6.07, 6.45) is 5.00. The second kappa shape index (κ2) is 7.83. The fourth-order valence-corrected chi connectivity index (χ4v) is 3.97. The number of benzene rings is 1. The molecule has 1 aromatic heterocycles. The van der Waals surface area contributed by atoms with E-state index >= 15 is 0 Å². The first-order chi connectivity index (χ1) is 14.0. The number of nitrogens with zero attached hydrogens (tertiary/aromatic N) is 2. The van der Waals surface area contributed by atoms with E-state index in [1.54, 1.807) is 6.07 Å². The molecule has 0 radical (unpaired) electrons. The van der Waals surface area contributed by atoms with Gasteiger partial charge in [-0.25, -0.2) is 0 Å². The van der Waals surface area contributed by atoms with E-state index in [4.69, 9.17) is 16.6 Å². The standard InChI is InChI=1S/C22H23N3O3S/c1-14-7-6-8-18(15(14)2)25-21(27)17(20(26)23-22(25)29)13-16-9-10-19(28-16)24-11-4-3-5-12-24/h6-10,13H,3-5,11-12H2,1-2H3,(H,23,26,29)/b17-13+. The molecule has 1 N–H and O–H groups in total. The predicted octanol–water partition coefficient (Wildman–Crippen LogP) is 3.72. The molecule has 0 saturated carbocycles. The lowest BCUT2D eigenvalue weighted by molar-refractivity contribution is -0.122. The van der Waals surface area contributed by atoms with Gasteiger partial charge in [-0.05, 0) is 74.7 Å². The monoisotopic (exact) mass is 409 g/mol. The Morgan fingerprint density at radius 1 is 1.07 bits per heavy atom. The van der Waals surface area contributed by atoms with E-state index in [1.165, 1.54) is 17.4 Å². The van der Waals surface area contributed by atoms with E-state index in [0.717, 1.165) is 42.9 Å². The molecule has 2 amide bonds. The van der Waals surface area contributed by atoms with Crippen molar-refractivity contribution in [3.05, 3.63) is 52.8 Å². The molecule has 0 atom stereocenters. The van der Waals surface area contributed by atoms with Crippen molar-refractivity contribution in [3.8, 4) is 0 Å². The lowest BCUT2D eigenvalue weighted by atomic mass is 10.0. The quantitative estimate of drug-likeness (QED) is 0.476. The van der Waals surface area contributed by atoms with Gasteiger partial charge in [-0.2, -0.15) is 0 Å². The number of aryl methyl sites for hydroxylation is 1. The SMILES string of the molecule is Cc1cccc(N2C(=O)/C(=C/c3ccc(N4CCCCC4)o3)C(=O)NC2=S)c1C. The Kier molecular flexibility index (Phi) is 5.24. The van der Waals surface area contributed by atoms with E-state index in [1.807, 2.05) is 38.1 Å². The first kappa shape index (κ1) is 19.4. The van der Waals surface area contributed by atoms with Crippen LogP contribution >= 0.6 is 12.2 Å². The summed E-state index contributed by atoms with van der Waals surface area (Å²) in [5.41, 5.74) is 2.64. The fraction of sp³-hybridized carbons (Fsp3) is 0.318. The van der Waals surface area contributed by atoms with Crippen LogP contribution in [0.4, 0.5) is 11.6 Å². The third kappa shape index (κ3) is 3.70. The molecule has 0 unspecified atom stereocenters. The number of amides is 2. The summed E-state index contributed by atoms with van der Waals surface area (Å²) in [5, 5.41) is 2.71. The van der Waals surface area contributed by atoms with Gasteiger partial charge in [0.25, 0.3) is 11.8 Å². The maximum atomic E-state index is 13.2. The van der Waals surface area contributed by atoms with Gasteiger partial charge in [0.05, 0.1) is 5.69 Å². The molecule has 2 aromatic rings. The van der Waals surface area contributed by atoms with Crippen molar-refractivity contribution >= 4 is 46.8 Å². The molecule has 29 heavy (non-hydrogen) atoms. The molecule has 2 fully saturated rings. The minimum atomic E-state index is -0.516. The molecular weight excluding hydrogens is 386 g/mol. The van der Waals surface area contributed by atoms with Gasteiger partial charge in [-0.15, -0.1) is 0 Å². The van der Waals surface area contributed by atoms with Crippen LogP contribution in [0.1, 0.15) is 36.1 Å². The van der Waals surface area contributed by atoms with Crippen LogP contribution in [0.3, 0.4) is 0 Å². The minimum Gasteiger partial charge on any atom is -0.441 e. The number of furan rings is 1. The molecule has 0 spiro atoms. The maximum absolute atomic E-state index is 13.2. The van der Waals surface area contributed by atoms with Crippen molar-refractivity contribution in [1.82, 2.24) is 5.32 Å². The lowest BCUT2D eigenvalue weighted by Crippen LogP contribution is -2.54. The highest BCUT2D eigenvalue weighted by molar-refractivity contribution is 7.80. The summed E-state index contributed by atoms with van der Waals surface area (Å²) < 4.78 is 5.90. The molecule has 2 saturated heterocycles. The minimum absolute atomic E-state index is 0.000879. The Bertz CT molecular complexity index is 1020. The highest BCUT2D eigenvalue weighted by Gasteiger charge is 2.35. The number of rotatable bonds is 3. The summed E-state index contributed by atoms with van der Waals surface area (Å²) in [4.78, 5) is 29.2. The summed E-state index contributed by atoms with van der Waals surface area (Å²) in [5.74, 6) is 0.265. The molecule has 3 heterocycles. The predicted molar refractivity (Wildman–Crippen MR) is 117 cm³/mol. The number of anilines is 2. The maximum Gasteiger partial charge on any atom is 0.270 e. The smallest absolute Gasteiger partial charge is 0.270 e. The summed E-state index contributed by atoms with van der Waals surface area (Å²) in [7, 11) is 0. The zero-order valence-electron chi connectivity index (χ0n) is 16.5. The molecule has 6 nitrogen and oxygen atoms in total. The molecular formula is C22H23N3O3S. The van der Waals surface area contributed by atoms with Crippen molar-refractivity contribution in [3.63, 3.8) is 0 Å². The second-order valence-electron chi connectivity index (χ2n) is 7.40. The molecule has 0 bridgehead atoms. The van der Waals surface area contributed by atoms with Crippen LogP contribution in [0.15, 0.2) is 40.3 Å². The van der Waals surface area contributed by atoms with Gasteiger partial charge in [0.15, 0.2) is 11.0 Å². The first-order valence-corrected chi connectivity index (χ1v) is 10.2. The molecule has 7 heteroatoms. The van der Waals surface area contributed by atoms with Crippen LogP contribution in [0.2, 0.25) is 0 Å². The van der Waals surface area contributed by atoms with Crippen molar-refractivity contribution < 1.29 is 14.0 Å². The van der Waals surface area contributed by atoms with Gasteiger partial charge < -0.3 is 9.32 Å². The van der Waals surface area contributed by atoms with Gasteiger partial charge >= 0.3 is 0 Å². The number of hydrogen-bond acceptors (Lipinski definition) is 5. The molecule has 4 rings (SSSR count). The second-order valence-corrected chi connectivity index (χ2v) is 7.79. The van der Waals surface area contributed by atoms with Crippen LogP contribution in [0.5, 0.6) is 0 Å². The van der Waals surface area contributed by atoms with E-state index in [9.17, 15) is 9.59 Å². The first-order valence-electron chi connectivity index (χ1n) is 9.78. The number of carbonyl (C=O) groups is 2. The van der Waals surface area contributed by atoms with Crippen molar-refractivity contribution in [2.24, 2.45) is 0 Å². The number of nitrogens with one attached hydrogen (secondary N) is 1. The Morgan fingerprint density at radius 3 is 2.59 bits per heavy atom. The highest BCUT2D eigenvalue weighted by Crippen LogP contribution is 2.28. The van der Waals surface area contributed by atoms with E-state index in [0.29, 0.717) is 11.4 Å². The van der Waals surface area contributed by atoms with Crippen LogP contribution in [0, 0.1) is 13.8 Å². The van der Waals surface area contributed by atoms with Crippen LogP contribution < -0.4 is 15.1 Å². The molecule has 150 valence electrons. The average Bonchev–Trinajstić information content (AvgIpc) is 3.18. The number of thiocarbonyl (C=S) groups is 1. The molecule has 0 aliphatic carbocycles. The normalized spacial score (nSPS) is 19.1. The van der Waals surface area contributed by atoms with E-state index in [2.05, 4.69) is 10.2 Å². The Hall–Kier alpha value is -2.93. The number of hydrogen-bond donors (Lipinski definition) is 1. The largest absolute Gasteiger partial charge is 0.441 e. The third-order valence-electron chi connectivity index (χ3n) is 5.49. The van der Waals surface area contributed by atoms with Gasteiger partial charge in [-0.3, -0.25) is 19.8 Å². The zero-order valence-corrected chi connectivity index (χ0v) is 17.3. The number of carbonyl (C=O) groups excluding carboxylic acids is 2. The average molecular weight is 410 g/mol. The zero-order chi connectivity index (χ0) is 20.5. The third-order valence-corrected chi connectivity index (χ3v) is 5.77. The summed E-state index contributed by atoms with van der Waals surface area (Å²) in [6.45, 7) is 5.81. The highest BCUT2D eigenvalue weighted by atomic mass is 32.1. The van der Waals surface area contributed by atoms with Gasteiger partial charge in [0.1, 0.15) is 11.3 Å². The molecule has 2 aliphatic heterocycles. The van der Waals surface area contributed by atoms with Crippen molar-refractivity contribution in [1.29, 1.82) is 0 Å². The van der Waals surface area contributed by atoms with Crippen LogP contribution in [-0.2, 0) is 9.59 Å². The van der Waals surface area contributed by atoms with E-state index in [-0.39, 0.29) is 10.7 Å². The van der Waals surface area contributed by atoms with E-state index < -0.39 is 11.8 Å². The van der Waals surface area contributed by atoms with Crippen molar-refractivity contribution in [2.75, 3.05) is 22.9 Å². The van der Waals surface area contributed by atoms with Crippen LogP contribution in [0.25, 0.3) is 6.08 Å². The van der Waals surface area contributed by atoms with Gasteiger partial charge in [-0.1, -0.05) is 12.1 Å². The molecule has 1 aromatic carbocycles. The fourth-order valence-electron chi connectivity index (χ4n) is 3.70. The lowest BCUT2D eigenvalue weighted by Gasteiger charge is -2.30. The van der Waals surface area contributed by atoms with Crippen LogP contribution in [-0.4, -0.2) is 30.0 Å². The van der Waals surface area contributed by atoms with Gasteiger partial charge in [0.2, 0.25) is 0 Å². The Morgan fingerprint density at radius 2 is 1.83 bits per heavy atom. The Labute approximate surface area is 175 Å². The summed E-state index contributed by atoms with van der Waals surface area (Å²) >= 11 is 5.29. The molecule has 2 aliphatic rings. The van der Waals surface area contributed by atoms with Crippen molar-refractivity contribution in [2.45, 2.75) is 33.1 Å². The summed E-state index contributed by atoms with van der Waals surface area (Å²) in [6, 6.07) is 9.33. The number of piperidine rings is 1. The Balaban J connectivity index is 1.65. The van der Waals surface area contributed by atoms with Gasteiger partial charge in [0, 0.05) is 19.2 Å².